The molecule has 0 spiro atoms. The number of aliphatic hydroxyl groups is 2. The molecule has 3 aliphatic rings. The van der Waals surface area contributed by atoms with Crippen molar-refractivity contribution >= 4 is 22.6 Å². The fourth-order valence-corrected chi connectivity index (χ4v) is 5.48. The van der Waals surface area contributed by atoms with E-state index < -0.39 is 17.0 Å². The molecule has 11 heteroatoms. The third-order valence-corrected chi connectivity index (χ3v) is 7.92. The molecule has 1 aromatic carbocycles. The standard InChI is InChI=1S/C26H31FN6O4/c1-25(36)6-9-31(14-25)21-12-18(4-5-20(21)27)33-22-19(13-29-33)24(35)32(16-28-22)15-26(37)7-10-30(11-8-26)23(34)17-2-3-17/h4-5,12-13,16-17,36-37H,2-3,6-11,14-15H2,1H3/t25-/m0/s1. The van der Waals surface area contributed by atoms with Crippen LogP contribution in [0.5, 0.6) is 0 Å². The van der Waals surface area contributed by atoms with E-state index in [4.69, 9.17) is 0 Å². The summed E-state index contributed by atoms with van der Waals surface area (Å²) in [5.41, 5.74) is -1.04. The predicted octanol–water partition coefficient (Wildman–Crippen LogP) is 1.45. The van der Waals surface area contributed by atoms with E-state index >= 15 is 0 Å². The maximum Gasteiger partial charge on any atom is 0.264 e. The summed E-state index contributed by atoms with van der Waals surface area (Å²) in [5.74, 6) is -0.0699. The molecule has 6 rings (SSSR count). The molecule has 2 aromatic heterocycles. The number of piperidine rings is 1. The lowest BCUT2D eigenvalue weighted by Gasteiger charge is -2.38. The van der Waals surface area contributed by atoms with Crippen LogP contribution < -0.4 is 10.5 Å². The number of β-amino-alcohol motifs (C(OH)–C–C–N with tert-alkyl or cyclic N) is 1. The van der Waals surface area contributed by atoms with E-state index in [9.17, 15) is 24.2 Å². The van der Waals surface area contributed by atoms with Crippen LogP contribution in [0.25, 0.3) is 16.7 Å². The zero-order valence-corrected chi connectivity index (χ0v) is 20.8. The van der Waals surface area contributed by atoms with Crippen LogP contribution in [-0.4, -0.2) is 77.7 Å². The molecular weight excluding hydrogens is 479 g/mol. The van der Waals surface area contributed by atoms with Crippen molar-refractivity contribution in [3.63, 3.8) is 0 Å². The molecule has 2 saturated heterocycles. The van der Waals surface area contributed by atoms with Crippen molar-refractivity contribution in [1.29, 1.82) is 0 Å². The second-order valence-electron chi connectivity index (χ2n) is 11.1. The minimum atomic E-state index is -1.10. The average molecular weight is 511 g/mol. The van der Waals surface area contributed by atoms with Gasteiger partial charge >= 0.3 is 0 Å². The van der Waals surface area contributed by atoms with Gasteiger partial charge in [-0.3, -0.25) is 14.2 Å². The third-order valence-electron chi connectivity index (χ3n) is 7.92. The van der Waals surface area contributed by atoms with Gasteiger partial charge in [0.25, 0.3) is 5.56 Å². The summed E-state index contributed by atoms with van der Waals surface area (Å²) in [6.07, 6.45) is 6.09. The van der Waals surface area contributed by atoms with E-state index in [0.29, 0.717) is 67.8 Å². The molecule has 4 heterocycles. The van der Waals surface area contributed by atoms with Gasteiger partial charge in [-0.1, -0.05) is 0 Å². The van der Waals surface area contributed by atoms with Crippen molar-refractivity contribution in [2.75, 3.05) is 31.1 Å². The Morgan fingerprint density at radius 1 is 1.16 bits per heavy atom. The molecule has 1 saturated carbocycles. The molecule has 3 aromatic rings. The van der Waals surface area contributed by atoms with Gasteiger partial charge in [-0.2, -0.15) is 5.10 Å². The van der Waals surface area contributed by atoms with E-state index in [-0.39, 0.29) is 23.9 Å². The van der Waals surface area contributed by atoms with E-state index in [1.807, 2.05) is 4.90 Å². The van der Waals surface area contributed by atoms with E-state index in [1.165, 1.54) is 27.8 Å². The zero-order valence-electron chi connectivity index (χ0n) is 20.8. The Morgan fingerprint density at radius 2 is 1.92 bits per heavy atom. The van der Waals surface area contributed by atoms with Crippen LogP contribution in [0.1, 0.15) is 39.0 Å². The molecule has 10 nitrogen and oxygen atoms in total. The third kappa shape index (κ3) is 4.50. The van der Waals surface area contributed by atoms with E-state index in [2.05, 4.69) is 10.1 Å². The van der Waals surface area contributed by atoms with Crippen LogP contribution in [0.4, 0.5) is 10.1 Å². The van der Waals surface area contributed by atoms with Crippen molar-refractivity contribution in [3.8, 4) is 5.69 Å². The van der Waals surface area contributed by atoms with Crippen LogP contribution in [0.15, 0.2) is 35.5 Å². The largest absolute Gasteiger partial charge is 0.388 e. The number of halogens is 1. The number of aromatic nitrogens is 4. The number of benzene rings is 1. The number of hydrogen-bond donors (Lipinski definition) is 2. The molecule has 2 N–H and O–H groups in total. The van der Waals surface area contributed by atoms with E-state index in [0.717, 1.165) is 12.8 Å². The lowest BCUT2D eigenvalue weighted by atomic mass is 9.91. The Labute approximate surface area is 212 Å². The summed E-state index contributed by atoms with van der Waals surface area (Å²) in [6, 6.07) is 4.57. The predicted molar refractivity (Wildman–Crippen MR) is 134 cm³/mol. The molecule has 37 heavy (non-hydrogen) atoms. The van der Waals surface area contributed by atoms with Crippen LogP contribution in [0.3, 0.4) is 0 Å². The smallest absolute Gasteiger partial charge is 0.264 e. The fourth-order valence-electron chi connectivity index (χ4n) is 5.48. The maximum absolute atomic E-state index is 14.6. The summed E-state index contributed by atoms with van der Waals surface area (Å²) >= 11 is 0. The van der Waals surface area contributed by atoms with Crippen molar-refractivity contribution < 1.29 is 19.4 Å². The van der Waals surface area contributed by atoms with Crippen molar-refractivity contribution in [1.82, 2.24) is 24.2 Å². The van der Waals surface area contributed by atoms with Gasteiger partial charge in [-0.25, -0.2) is 14.1 Å². The number of carbonyl (C=O) groups is 1. The summed E-state index contributed by atoms with van der Waals surface area (Å²) in [5, 5.41) is 26.1. The quantitative estimate of drug-likeness (QED) is 0.534. The molecule has 0 unspecified atom stereocenters. The number of nitrogens with zero attached hydrogens (tertiary/aromatic N) is 6. The summed E-state index contributed by atoms with van der Waals surface area (Å²) in [4.78, 5) is 33.7. The van der Waals surface area contributed by atoms with Crippen molar-refractivity contribution in [2.45, 2.75) is 56.8 Å². The number of amides is 1. The second-order valence-corrected chi connectivity index (χ2v) is 11.1. The highest BCUT2D eigenvalue weighted by Gasteiger charge is 2.39. The first-order valence-electron chi connectivity index (χ1n) is 12.8. The van der Waals surface area contributed by atoms with Gasteiger partial charge in [0, 0.05) is 32.1 Å². The fraction of sp³-hybridized carbons (Fsp3) is 0.538. The SMILES string of the molecule is C[C@]1(O)CCN(c2cc(-n3ncc4c(=O)n(CC5(O)CCN(C(=O)C6CC6)CC5)cnc43)ccc2F)C1. The lowest BCUT2D eigenvalue weighted by Crippen LogP contribution is -2.50. The Hall–Kier alpha value is -3.31. The molecule has 1 atom stereocenters. The minimum absolute atomic E-state index is 0.0843. The summed E-state index contributed by atoms with van der Waals surface area (Å²) in [6.45, 7) is 3.64. The molecule has 0 bridgehead atoms. The van der Waals surface area contributed by atoms with Gasteiger partial charge in [-0.05, 0) is 57.2 Å². The highest BCUT2D eigenvalue weighted by Crippen LogP contribution is 2.34. The van der Waals surface area contributed by atoms with Gasteiger partial charge in [0.2, 0.25) is 5.91 Å². The molecule has 1 aliphatic carbocycles. The molecule has 3 fully saturated rings. The first-order valence-corrected chi connectivity index (χ1v) is 12.8. The van der Waals surface area contributed by atoms with Gasteiger partial charge in [-0.15, -0.1) is 0 Å². The first-order chi connectivity index (χ1) is 17.6. The number of likely N-dealkylation sites (tertiary alicyclic amines) is 1. The number of rotatable bonds is 5. The molecule has 196 valence electrons. The minimum Gasteiger partial charge on any atom is -0.388 e. The molecule has 2 aliphatic heterocycles. The summed E-state index contributed by atoms with van der Waals surface area (Å²) < 4.78 is 17.5. The second kappa shape index (κ2) is 8.63. The van der Waals surface area contributed by atoms with Crippen molar-refractivity contribution in [3.05, 3.63) is 46.9 Å². The first kappa shape index (κ1) is 24.1. The number of carbonyl (C=O) groups excluding carboxylic acids is 1. The molecular formula is C26H31FN6O4. The van der Waals surface area contributed by atoms with E-state index in [1.54, 1.807) is 24.0 Å². The number of anilines is 1. The van der Waals surface area contributed by atoms with Crippen LogP contribution >= 0.6 is 0 Å². The highest BCUT2D eigenvalue weighted by atomic mass is 19.1. The molecule has 0 radical (unpaired) electrons. The Kier molecular flexibility index (Phi) is 5.61. The normalized spacial score (nSPS) is 23.7. The monoisotopic (exact) mass is 510 g/mol. The van der Waals surface area contributed by atoms with Gasteiger partial charge in [0.05, 0.1) is 35.3 Å². The van der Waals surface area contributed by atoms with Gasteiger partial charge in [0.1, 0.15) is 17.5 Å². The van der Waals surface area contributed by atoms with Crippen LogP contribution in [-0.2, 0) is 11.3 Å². The zero-order chi connectivity index (χ0) is 25.9. The lowest BCUT2D eigenvalue weighted by molar-refractivity contribution is -0.137. The Bertz CT molecular complexity index is 1420. The topological polar surface area (TPSA) is 117 Å². The molecule has 1 amide bonds. The van der Waals surface area contributed by atoms with Crippen molar-refractivity contribution in [2.24, 2.45) is 5.92 Å². The number of hydrogen-bond acceptors (Lipinski definition) is 7. The Morgan fingerprint density at radius 3 is 2.59 bits per heavy atom. The summed E-state index contributed by atoms with van der Waals surface area (Å²) in [7, 11) is 0. The van der Waals surface area contributed by atoms with Crippen LogP contribution in [0, 0.1) is 11.7 Å². The highest BCUT2D eigenvalue weighted by molar-refractivity contribution is 5.81. The average Bonchev–Trinajstić information content (AvgIpc) is 3.53. The number of fused-ring (bicyclic) bond motifs is 1. The Balaban J connectivity index is 1.23. The van der Waals surface area contributed by atoms with Gasteiger partial charge in [0.15, 0.2) is 5.65 Å². The maximum atomic E-state index is 14.6. The van der Waals surface area contributed by atoms with Gasteiger partial charge < -0.3 is 20.0 Å². The van der Waals surface area contributed by atoms with Crippen LogP contribution in [0.2, 0.25) is 0 Å².